The van der Waals surface area contributed by atoms with Gasteiger partial charge in [0.25, 0.3) is 0 Å². The highest BCUT2D eigenvalue weighted by Crippen LogP contribution is 2.71. The average molecular weight is 463 g/mol. The summed E-state index contributed by atoms with van der Waals surface area (Å²) in [5.41, 5.74) is 0.0135. The van der Waals surface area contributed by atoms with Crippen molar-refractivity contribution in [3.05, 3.63) is 0 Å². The highest BCUT2D eigenvalue weighted by molar-refractivity contribution is 5.17. The topological polar surface area (TPSA) is 68.2 Å². The molecular weight excluding hydrogens is 416 g/mol. The van der Waals surface area contributed by atoms with Crippen LogP contribution in [0.5, 0.6) is 0 Å². The molecule has 0 aromatic carbocycles. The minimum absolute atomic E-state index is 0.0788. The maximum Gasteiger partial charge on any atom is 0.198 e. The fourth-order valence-corrected chi connectivity index (χ4v) is 10.7. The van der Waals surface area contributed by atoms with Crippen LogP contribution in [-0.4, -0.2) is 53.6 Å². The summed E-state index contributed by atoms with van der Waals surface area (Å²) in [7, 11) is 1.89. The molecule has 1 spiro atoms. The van der Waals surface area contributed by atoms with Gasteiger partial charge in [-0.2, -0.15) is 0 Å². The van der Waals surface area contributed by atoms with E-state index >= 15 is 0 Å². The molecule has 5 nitrogen and oxygen atoms in total. The van der Waals surface area contributed by atoms with Gasteiger partial charge in [-0.3, -0.25) is 0 Å². The van der Waals surface area contributed by atoms with Crippen molar-refractivity contribution in [1.82, 2.24) is 0 Å². The van der Waals surface area contributed by atoms with Crippen LogP contribution in [0.25, 0.3) is 0 Å². The van der Waals surface area contributed by atoms with Gasteiger partial charge in [-0.05, 0) is 98.7 Å². The minimum atomic E-state index is -0.945. The number of rotatable bonds is 2. The second-order valence-corrected chi connectivity index (χ2v) is 13.7. The molecule has 13 atom stereocenters. The highest BCUT2D eigenvalue weighted by Gasteiger charge is 2.72. The van der Waals surface area contributed by atoms with E-state index in [1.165, 1.54) is 44.9 Å². The van der Waals surface area contributed by atoms with E-state index in [1.807, 2.05) is 14.0 Å². The van der Waals surface area contributed by atoms with Gasteiger partial charge >= 0.3 is 0 Å². The molecule has 4 saturated carbocycles. The Labute approximate surface area is 199 Å². The van der Waals surface area contributed by atoms with Gasteiger partial charge in [0.15, 0.2) is 5.79 Å². The zero-order chi connectivity index (χ0) is 23.4. The Morgan fingerprint density at radius 2 is 1.73 bits per heavy atom. The van der Waals surface area contributed by atoms with E-state index in [4.69, 9.17) is 14.2 Å². The summed E-state index contributed by atoms with van der Waals surface area (Å²) in [5.74, 6) is 2.79. The van der Waals surface area contributed by atoms with Crippen LogP contribution >= 0.6 is 0 Å². The molecule has 6 rings (SSSR count). The summed E-state index contributed by atoms with van der Waals surface area (Å²) < 4.78 is 18.9. The lowest BCUT2D eigenvalue weighted by Gasteiger charge is -2.61. The molecule has 6 aliphatic rings. The number of hydrogen-bond donors (Lipinski definition) is 2. The van der Waals surface area contributed by atoms with Crippen molar-refractivity contribution in [3.8, 4) is 0 Å². The van der Waals surface area contributed by atoms with Crippen molar-refractivity contribution in [2.45, 2.75) is 115 Å². The lowest BCUT2D eigenvalue weighted by Crippen LogP contribution is -2.55. The van der Waals surface area contributed by atoms with Gasteiger partial charge in [0, 0.05) is 19.4 Å². The zero-order valence-corrected chi connectivity index (χ0v) is 21.4. The fraction of sp³-hybridized carbons (Fsp3) is 1.00. The molecule has 33 heavy (non-hydrogen) atoms. The molecule has 188 valence electrons. The number of fused-ring (bicyclic) bond motifs is 7. The van der Waals surface area contributed by atoms with E-state index < -0.39 is 17.5 Å². The van der Waals surface area contributed by atoms with E-state index in [0.29, 0.717) is 29.8 Å². The monoisotopic (exact) mass is 462 g/mol. The van der Waals surface area contributed by atoms with Crippen molar-refractivity contribution in [1.29, 1.82) is 0 Å². The lowest BCUT2D eigenvalue weighted by atomic mass is 9.44. The molecule has 0 aromatic heterocycles. The summed E-state index contributed by atoms with van der Waals surface area (Å²) in [6, 6.07) is 0. The van der Waals surface area contributed by atoms with E-state index in [0.717, 1.165) is 24.2 Å². The number of aliphatic hydroxyl groups is 2. The first-order valence-corrected chi connectivity index (χ1v) is 13.8. The molecule has 0 aromatic rings. The number of methoxy groups -OCH3 is 1. The smallest absolute Gasteiger partial charge is 0.198 e. The molecular formula is C28H46O5. The second kappa shape index (κ2) is 7.41. The molecule has 0 amide bonds. The Balaban J connectivity index is 1.26. The Bertz CT molecular complexity index is 788. The maximum atomic E-state index is 11.1. The Morgan fingerprint density at radius 1 is 0.970 bits per heavy atom. The number of hydrogen-bond acceptors (Lipinski definition) is 5. The van der Waals surface area contributed by atoms with E-state index in [-0.39, 0.29) is 24.0 Å². The molecule has 4 aliphatic carbocycles. The zero-order valence-electron chi connectivity index (χ0n) is 21.4. The SMILES string of the molecule is CO[C@H]1CC[C@@]2(C)[C@@H](CC[C@@H]3[C@@H]2CC[C@]2(C)[C@@H]4[C@H](C[C@@H]32)O[C@@]2(O[C@@](C)(CO)C[C@@H]2O)[C@H]4C)C1. The molecule has 2 N–H and O–H groups in total. The minimum Gasteiger partial charge on any atom is -0.393 e. The third-order valence-electron chi connectivity index (χ3n) is 12.4. The lowest BCUT2D eigenvalue weighted by molar-refractivity contribution is -0.285. The first-order valence-electron chi connectivity index (χ1n) is 13.8. The van der Waals surface area contributed by atoms with Crippen LogP contribution in [0.4, 0.5) is 0 Å². The van der Waals surface area contributed by atoms with Gasteiger partial charge < -0.3 is 24.4 Å². The average Bonchev–Trinajstić information content (AvgIpc) is 3.34. The van der Waals surface area contributed by atoms with Crippen molar-refractivity contribution >= 4 is 0 Å². The van der Waals surface area contributed by atoms with Crippen molar-refractivity contribution < 1.29 is 24.4 Å². The molecule has 2 heterocycles. The third kappa shape index (κ3) is 2.95. The summed E-state index contributed by atoms with van der Waals surface area (Å²) in [6.07, 6.45) is 10.7. The van der Waals surface area contributed by atoms with Gasteiger partial charge in [0.1, 0.15) is 6.10 Å². The standard InChI is InChI=1S/C28H46O5/c1-16-24-22(32-28(16)23(30)14-25(2,15-29)33-28)13-21-19-7-6-17-12-18(31-5)8-10-26(17,3)20(19)9-11-27(21,24)4/h16-24,29-30H,6-15H2,1-5H3/t16-,17-,18-,19+,20-,21-,22-,23-,24-,25+,26-,27-,28+/m0/s1. The van der Waals surface area contributed by atoms with Gasteiger partial charge in [-0.1, -0.05) is 20.8 Å². The van der Waals surface area contributed by atoms with Gasteiger partial charge in [-0.15, -0.1) is 0 Å². The molecule has 5 heteroatoms. The summed E-state index contributed by atoms with van der Waals surface area (Å²) in [4.78, 5) is 0. The first-order chi connectivity index (χ1) is 15.6. The summed E-state index contributed by atoms with van der Waals surface area (Å²) >= 11 is 0. The number of ether oxygens (including phenoxy) is 3. The summed E-state index contributed by atoms with van der Waals surface area (Å²) in [5, 5.41) is 21.0. The number of aliphatic hydroxyl groups excluding tert-OH is 2. The largest absolute Gasteiger partial charge is 0.393 e. The van der Waals surface area contributed by atoms with Crippen LogP contribution in [-0.2, 0) is 14.2 Å². The van der Waals surface area contributed by atoms with E-state index in [2.05, 4.69) is 20.8 Å². The summed E-state index contributed by atoms with van der Waals surface area (Å²) in [6.45, 7) is 9.24. The van der Waals surface area contributed by atoms with Crippen LogP contribution in [0.2, 0.25) is 0 Å². The molecule has 0 bridgehead atoms. The maximum absolute atomic E-state index is 11.1. The van der Waals surface area contributed by atoms with Crippen LogP contribution in [0.15, 0.2) is 0 Å². The fourth-order valence-electron chi connectivity index (χ4n) is 10.7. The van der Waals surface area contributed by atoms with Crippen LogP contribution in [0, 0.1) is 46.3 Å². The van der Waals surface area contributed by atoms with Crippen LogP contribution in [0.1, 0.15) is 85.5 Å². The predicted octanol–water partition coefficient (Wildman–Crippen LogP) is 4.53. The van der Waals surface area contributed by atoms with Gasteiger partial charge in [-0.25, -0.2) is 0 Å². The molecule has 2 saturated heterocycles. The van der Waals surface area contributed by atoms with Crippen molar-refractivity contribution in [2.75, 3.05) is 13.7 Å². The van der Waals surface area contributed by atoms with Gasteiger partial charge in [0.05, 0.1) is 24.4 Å². The van der Waals surface area contributed by atoms with E-state index in [9.17, 15) is 10.2 Å². The Kier molecular flexibility index (Phi) is 5.21. The van der Waals surface area contributed by atoms with Crippen molar-refractivity contribution in [3.63, 3.8) is 0 Å². The highest BCUT2D eigenvalue weighted by atomic mass is 16.7. The molecule has 0 radical (unpaired) electrons. The van der Waals surface area contributed by atoms with Crippen LogP contribution in [0.3, 0.4) is 0 Å². The third-order valence-corrected chi connectivity index (χ3v) is 12.4. The quantitative estimate of drug-likeness (QED) is 0.631. The Morgan fingerprint density at radius 3 is 2.42 bits per heavy atom. The second-order valence-electron chi connectivity index (χ2n) is 13.7. The Hall–Kier alpha value is -0.200. The predicted molar refractivity (Wildman–Crippen MR) is 125 cm³/mol. The van der Waals surface area contributed by atoms with Crippen LogP contribution < -0.4 is 0 Å². The van der Waals surface area contributed by atoms with E-state index in [1.54, 1.807) is 0 Å². The van der Waals surface area contributed by atoms with Gasteiger partial charge in [0.2, 0.25) is 0 Å². The van der Waals surface area contributed by atoms with Crippen molar-refractivity contribution in [2.24, 2.45) is 46.3 Å². The molecule has 0 unspecified atom stereocenters. The molecule has 2 aliphatic heterocycles. The first kappa shape index (κ1) is 23.2. The molecule has 6 fully saturated rings. The normalized spacial score (nSPS) is 62.1.